The predicted molar refractivity (Wildman–Crippen MR) is 105 cm³/mol. The van der Waals surface area contributed by atoms with E-state index in [1.807, 2.05) is 37.3 Å². The lowest BCUT2D eigenvalue weighted by Gasteiger charge is -2.12. The number of nitrogens with one attached hydrogen (secondary N) is 1. The number of ether oxygens (including phenoxy) is 1. The first kappa shape index (κ1) is 18.7. The fraction of sp³-hybridized carbons (Fsp3) is 0.150. The summed E-state index contributed by atoms with van der Waals surface area (Å²) in [4.78, 5) is 24.7. The number of anilines is 1. The molecule has 1 amide bonds. The first-order valence-electron chi connectivity index (χ1n) is 8.25. The Morgan fingerprint density at radius 2 is 1.93 bits per heavy atom. The molecule has 1 aromatic heterocycles. The molecule has 0 radical (unpaired) electrons. The van der Waals surface area contributed by atoms with Crippen molar-refractivity contribution in [2.24, 2.45) is 0 Å². The van der Waals surface area contributed by atoms with Crippen LogP contribution in [0.15, 0.2) is 59.4 Å². The number of methoxy groups -OCH3 is 1. The number of hydrogen-bond donors (Lipinski definition) is 1. The number of halogens is 1. The van der Waals surface area contributed by atoms with Gasteiger partial charge in [-0.15, -0.1) is 0 Å². The number of benzene rings is 2. The molecule has 2 aromatic carbocycles. The second-order valence-corrected chi connectivity index (χ2v) is 6.36. The third-order valence-corrected chi connectivity index (χ3v) is 4.41. The lowest BCUT2D eigenvalue weighted by atomic mass is 10.2. The molecule has 6 nitrogen and oxygen atoms in total. The average Bonchev–Trinajstić information content (AvgIpc) is 2.67. The summed E-state index contributed by atoms with van der Waals surface area (Å²) in [5.41, 5.74) is 2.04. The standard InChI is InChI=1S/C20H18ClN3O3/c1-13-10-17(18(27-2)11-15(13)21)22-20(26)16-8-9-19(25)24(23-16)12-14-6-4-3-5-7-14/h3-11H,12H2,1-2H3,(H,22,26). The molecule has 0 fully saturated rings. The van der Waals surface area contributed by atoms with Crippen LogP contribution in [0.4, 0.5) is 5.69 Å². The molecule has 0 aliphatic heterocycles. The first-order chi connectivity index (χ1) is 13.0. The van der Waals surface area contributed by atoms with Gasteiger partial charge >= 0.3 is 0 Å². The van der Waals surface area contributed by atoms with Gasteiger partial charge in [0.2, 0.25) is 0 Å². The van der Waals surface area contributed by atoms with Gasteiger partial charge < -0.3 is 10.1 Å². The molecule has 0 saturated heterocycles. The topological polar surface area (TPSA) is 73.2 Å². The summed E-state index contributed by atoms with van der Waals surface area (Å²) >= 11 is 6.09. The second-order valence-electron chi connectivity index (χ2n) is 5.96. The van der Waals surface area contributed by atoms with Crippen LogP contribution in [0.3, 0.4) is 0 Å². The maximum atomic E-state index is 12.6. The molecule has 1 heterocycles. The predicted octanol–water partition coefficient (Wildman–Crippen LogP) is 3.51. The fourth-order valence-electron chi connectivity index (χ4n) is 2.56. The third-order valence-electron chi connectivity index (χ3n) is 4.00. The van der Waals surface area contributed by atoms with E-state index in [-0.39, 0.29) is 17.8 Å². The molecule has 3 aromatic rings. The number of carbonyl (C=O) groups is 1. The van der Waals surface area contributed by atoms with Crippen LogP contribution in [0.5, 0.6) is 5.75 Å². The van der Waals surface area contributed by atoms with Gasteiger partial charge in [-0.25, -0.2) is 4.68 Å². The molecule has 0 atom stereocenters. The van der Waals surface area contributed by atoms with Gasteiger partial charge in [0.05, 0.1) is 19.3 Å². The summed E-state index contributed by atoms with van der Waals surface area (Å²) in [6.45, 7) is 2.11. The van der Waals surface area contributed by atoms with Crippen LogP contribution >= 0.6 is 11.6 Å². The molecular formula is C20H18ClN3O3. The van der Waals surface area contributed by atoms with E-state index in [1.54, 1.807) is 12.1 Å². The van der Waals surface area contributed by atoms with E-state index < -0.39 is 5.91 Å². The second kappa shape index (κ2) is 8.05. The van der Waals surface area contributed by atoms with Gasteiger partial charge in [0.1, 0.15) is 11.4 Å². The third kappa shape index (κ3) is 4.35. The summed E-state index contributed by atoms with van der Waals surface area (Å²) in [5.74, 6) is -0.00612. The maximum absolute atomic E-state index is 12.6. The highest BCUT2D eigenvalue weighted by Gasteiger charge is 2.14. The average molecular weight is 384 g/mol. The zero-order valence-electron chi connectivity index (χ0n) is 14.9. The van der Waals surface area contributed by atoms with Crippen LogP contribution < -0.4 is 15.6 Å². The van der Waals surface area contributed by atoms with Crippen LogP contribution in [-0.2, 0) is 6.54 Å². The minimum absolute atomic E-state index is 0.125. The lowest BCUT2D eigenvalue weighted by molar-refractivity contribution is 0.101. The Labute approximate surface area is 161 Å². The van der Waals surface area contributed by atoms with Gasteiger partial charge in [0, 0.05) is 17.2 Å². The van der Waals surface area contributed by atoms with E-state index in [0.29, 0.717) is 16.5 Å². The molecule has 3 rings (SSSR count). The van der Waals surface area contributed by atoms with Crippen LogP contribution in [0.25, 0.3) is 0 Å². The molecule has 0 aliphatic carbocycles. The largest absolute Gasteiger partial charge is 0.495 e. The van der Waals surface area contributed by atoms with Crippen molar-refractivity contribution in [3.05, 3.63) is 86.8 Å². The van der Waals surface area contributed by atoms with Gasteiger partial charge in [-0.3, -0.25) is 9.59 Å². The molecule has 1 N–H and O–H groups in total. The normalized spacial score (nSPS) is 10.5. The summed E-state index contributed by atoms with van der Waals surface area (Å²) in [7, 11) is 1.49. The van der Waals surface area contributed by atoms with Crippen molar-refractivity contribution >= 4 is 23.2 Å². The van der Waals surface area contributed by atoms with Crippen molar-refractivity contribution < 1.29 is 9.53 Å². The number of rotatable bonds is 5. The van der Waals surface area contributed by atoms with Crippen molar-refractivity contribution in [1.82, 2.24) is 9.78 Å². The molecule has 0 aliphatic rings. The van der Waals surface area contributed by atoms with Gasteiger partial charge in [0.15, 0.2) is 0 Å². The van der Waals surface area contributed by atoms with Crippen LogP contribution in [0.1, 0.15) is 21.6 Å². The van der Waals surface area contributed by atoms with E-state index in [2.05, 4.69) is 10.4 Å². The molecule has 0 spiro atoms. The SMILES string of the molecule is COc1cc(Cl)c(C)cc1NC(=O)c1ccc(=O)n(Cc2ccccc2)n1. The monoisotopic (exact) mass is 383 g/mol. The molecule has 0 unspecified atom stereocenters. The Morgan fingerprint density at radius 1 is 1.19 bits per heavy atom. The van der Waals surface area contributed by atoms with Gasteiger partial charge in [-0.05, 0) is 30.2 Å². The van der Waals surface area contributed by atoms with Crippen LogP contribution in [0, 0.1) is 6.92 Å². The fourth-order valence-corrected chi connectivity index (χ4v) is 2.71. The van der Waals surface area contributed by atoms with Gasteiger partial charge in [-0.1, -0.05) is 41.9 Å². The van der Waals surface area contributed by atoms with Crippen LogP contribution in [-0.4, -0.2) is 22.8 Å². The lowest BCUT2D eigenvalue weighted by Crippen LogP contribution is -2.26. The molecule has 27 heavy (non-hydrogen) atoms. The summed E-state index contributed by atoms with van der Waals surface area (Å²) in [6.07, 6.45) is 0. The van der Waals surface area contributed by atoms with E-state index in [1.165, 1.54) is 23.9 Å². The number of nitrogens with zero attached hydrogens (tertiary/aromatic N) is 2. The van der Waals surface area contributed by atoms with E-state index in [0.717, 1.165) is 11.1 Å². The molecule has 7 heteroatoms. The minimum atomic E-state index is -0.447. The van der Waals surface area contributed by atoms with Crippen molar-refractivity contribution in [2.75, 3.05) is 12.4 Å². The highest BCUT2D eigenvalue weighted by molar-refractivity contribution is 6.31. The Balaban J connectivity index is 1.87. The Bertz CT molecular complexity index is 1030. The molecule has 0 saturated carbocycles. The highest BCUT2D eigenvalue weighted by Crippen LogP contribution is 2.31. The van der Waals surface area contributed by atoms with E-state index >= 15 is 0 Å². The summed E-state index contributed by atoms with van der Waals surface area (Å²) < 4.78 is 6.52. The van der Waals surface area contributed by atoms with Gasteiger partial charge in [-0.2, -0.15) is 5.10 Å². The molecular weight excluding hydrogens is 366 g/mol. The van der Waals surface area contributed by atoms with Crippen LogP contribution in [0.2, 0.25) is 5.02 Å². The highest BCUT2D eigenvalue weighted by atomic mass is 35.5. The number of amides is 1. The van der Waals surface area contributed by atoms with Crippen molar-refractivity contribution in [3.8, 4) is 5.75 Å². The Morgan fingerprint density at radius 3 is 2.63 bits per heavy atom. The van der Waals surface area contributed by atoms with E-state index in [9.17, 15) is 9.59 Å². The van der Waals surface area contributed by atoms with Crippen molar-refractivity contribution in [2.45, 2.75) is 13.5 Å². The number of aromatic nitrogens is 2. The summed E-state index contributed by atoms with van der Waals surface area (Å²) in [5, 5.41) is 7.48. The Hall–Kier alpha value is -3.12. The number of aryl methyl sites for hydroxylation is 1. The smallest absolute Gasteiger partial charge is 0.276 e. The van der Waals surface area contributed by atoms with Crippen molar-refractivity contribution in [1.29, 1.82) is 0 Å². The quantitative estimate of drug-likeness (QED) is 0.731. The maximum Gasteiger partial charge on any atom is 0.276 e. The zero-order valence-corrected chi connectivity index (χ0v) is 15.7. The number of hydrogen-bond acceptors (Lipinski definition) is 4. The zero-order chi connectivity index (χ0) is 19.4. The Kier molecular flexibility index (Phi) is 5.57. The number of carbonyl (C=O) groups excluding carboxylic acids is 1. The molecule has 138 valence electrons. The minimum Gasteiger partial charge on any atom is -0.495 e. The summed E-state index contributed by atoms with van der Waals surface area (Å²) in [6, 6.07) is 15.5. The molecule has 0 bridgehead atoms. The van der Waals surface area contributed by atoms with Gasteiger partial charge in [0.25, 0.3) is 11.5 Å². The van der Waals surface area contributed by atoms with Crippen molar-refractivity contribution in [3.63, 3.8) is 0 Å². The first-order valence-corrected chi connectivity index (χ1v) is 8.63. The van der Waals surface area contributed by atoms with E-state index in [4.69, 9.17) is 16.3 Å².